The summed E-state index contributed by atoms with van der Waals surface area (Å²) in [6, 6.07) is 0. The topological polar surface area (TPSA) is 58.6 Å². The van der Waals surface area contributed by atoms with Crippen molar-refractivity contribution in [3.8, 4) is 0 Å². The standard InChI is InChI=1S/C8H17NO3/c1-7(12-2)3-4-8(11)9-5-6-10/h7,10H,3-6H2,1-2H3,(H,9,11). The summed E-state index contributed by atoms with van der Waals surface area (Å²) >= 11 is 0. The molecule has 4 heteroatoms. The first-order valence-corrected chi connectivity index (χ1v) is 4.11. The Labute approximate surface area is 72.9 Å². The quantitative estimate of drug-likeness (QED) is 0.593. The summed E-state index contributed by atoms with van der Waals surface area (Å²) < 4.78 is 4.98. The lowest BCUT2D eigenvalue weighted by atomic mass is 10.2. The Kier molecular flexibility index (Phi) is 6.70. The first-order chi connectivity index (χ1) is 5.70. The molecule has 2 N–H and O–H groups in total. The van der Waals surface area contributed by atoms with Gasteiger partial charge >= 0.3 is 0 Å². The van der Waals surface area contributed by atoms with Gasteiger partial charge in [-0.15, -0.1) is 0 Å². The van der Waals surface area contributed by atoms with E-state index in [1.54, 1.807) is 7.11 Å². The molecule has 0 fully saturated rings. The van der Waals surface area contributed by atoms with E-state index in [2.05, 4.69) is 5.32 Å². The minimum atomic E-state index is -0.0343. The van der Waals surface area contributed by atoms with E-state index in [4.69, 9.17) is 9.84 Å². The molecule has 0 aliphatic heterocycles. The van der Waals surface area contributed by atoms with Gasteiger partial charge in [0, 0.05) is 20.1 Å². The zero-order valence-corrected chi connectivity index (χ0v) is 7.67. The highest BCUT2D eigenvalue weighted by atomic mass is 16.5. The Morgan fingerprint density at radius 2 is 2.33 bits per heavy atom. The number of rotatable bonds is 6. The number of aliphatic hydroxyl groups is 1. The molecular weight excluding hydrogens is 158 g/mol. The highest BCUT2D eigenvalue weighted by Crippen LogP contribution is 1.98. The molecule has 4 nitrogen and oxygen atoms in total. The Bertz CT molecular complexity index is 127. The molecule has 1 amide bonds. The first-order valence-electron chi connectivity index (χ1n) is 4.11. The van der Waals surface area contributed by atoms with Gasteiger partial charge in [0.05, 0.1) is 12.7 Å². The van der Waals surface area contributed by atoms with Crippen LogP contribution in [0.3, 0.4) is 0 Å². The van der Waals surface area contributed by atoms with Crippen LogP contribution in [0.2, 0.25) is 0 Å². The van der Waals surface area contributed by atoms with E-state index < -0.39 is 0 Å². The monoisotopic (exact) mass is 175 g/mol. The highest BCUT2D eigenvalue weighted by Gasteiger charge is 2.04. The predicted molar refractivity (Wildman–Crippen MR) is 45.8 cm³/mol. The molecule has 0 saturated heterocycles. The molecule has 0 spiro atoms. The number of ether oxygens (including phenoxy) is 1. The molecule has 0 aliphatic rings. The molecule has 0 aromatic rings. The number of hydrogen-bond acceptors (Lipinski definition) is 3. The third kappa shape index (κ3) is 6.12. The Morgan fingerprint density at radius 3 is 2.83 bits per heavy atom. The number of methoxy groups -OCH3 is 1. The van der Waals surface area contributed by atoms with Crippen LogP contribution in [0.15, 0.2) is 0 Å². The smallest absolute Gasteiger partial charge is 0.220 e. The normalized spacial score (nSPS) is 12.6. The van der Waals surface area contributed by atoms with E-state index in [9.17, 15) is 4.79 Å². The van der Waals surface area contributed by atoms with Gasteiger partial charge in [0.2, 0.25) is 5.91 Å². The predicted octanol–water partition coefficient (Wildman–Crippen LogP) is -0.0900. The molecule has 0 rings (SSSR count). The largest absolute Gasteiger partial charge is 0.395 e. The second-order valence-electron chi connectivity index (χ2n) is 2.66. The molecule has 12 heavy (non-hydrogen) atoms. The van der Waals surface area contributed by atoms with Crippen molar-refractivity contribution >= 4 is 5.91 Å². The van der Waals surface area contributed by atoms with E-state index >= 15 is 0 Å². The van der Waals surface area contributed by atoms with E-state index in [1.807, 2.05) is 6.92 Å². The molecule has 0 heterocycles. The molecule has 1 atom stereocenters. The SMILES string of the molecule is COC(C)CCC(=O)NCCO. The molecule has 1 unspecified atom stereocenters. The summed E-state index contributed by atoms with van der Waals surface area (Å²) in [5.74, 6) is -0.0343. The van der Waals surface area contributed by atoms with Crippen LogP contribution in [0.25, 0.3) is 0 Å². The van der Waals surface area contributed by atoms with Crippen LogP contribution in [0.1, 0.15) is 19.8 Å². The van der Waals surface area contributed by atoms with Crippen molar-refractivity contribution in [1.29, 1.82) is 0 Å². The molecular formula is C8H17NO3. The first kappa shape index (κ1) is 11.4. The fraction of sp³-hybridized carbons (Fsp3) is 0.875. The molecule has 0 radical (unpaired) electrons. The molecule has 0 aliphatic carbocycles. The van der Waals surface area contributed by atoms with Gasteiger partial charge in [-0.1, -0.05) is 0 Å². The summed E-state index contributed by atoms with van der Waals surface area (Å²) in [5, 5.41) is 11.0. The van der Waals surface area contributed by atoms with Crippen LogP contribution in [-0.2, 0) is 9.53 Å². The second-order valence-corrected chi connectivity index (χ2v) is 2.66. The number of nitrogens with one attached hydrogen (secondary N) is 1. The summed E-state index contributed by atoms with van der Waals surface area (Å²) in [6.45, 7) is 2.24. The third-order valence-electron chi connectivity index (χ3n) is 1.61. The lowest BCUT2D eigenvalue weighted by Crippen LogP contribution is -2.27. The maximum Gasteiger partial charge on any atom is 0.220 e. The number of aliphatic hydroxyl groups excluding tert-OH is 1. The zero-order valence-electron chi connectivity index (χ0n) is 7.67. The van der Waals surface area contributed by atoms with Crippen molar-refractivity contribution in [2.24, 2.45) is 0 Å². The number of amides is 1. The van der Waals surface area contributed by atoms with E-state index in [1.165, 1.54) is 0 Å². The molecule has 0 aromatic heterocycles. The molecule has 0 aromatic carbocycles. The lowest BCUT2D eigenvalue weighted by molar-refractivity contribution is -0.121. The van der Waals surface area contributed by atoms with Crippen LogP contribution in [0.5, 0.6) is 0 Å². The summed E-state index contributed by atoms with van der Waals surface area (Å²) in [4.78, 5) is 10.9. The van der Waals surface area contributed by atoms with E-state index in [-0.39, 0.29) is 18.6 Å². The van der Waals surface area contributed by atoms with Crippen molar-refractivity contribution < 1.29 is 14.6 Å². The lowest BCUT2D eigenvalue weighted by Gasteiger charge is -2.08. The van der Waals surface area contributed by atoms with Gasteiger partial charge in [-0.2, -0.15) is 0 Å². The number of carbonyl (C=O) groups excluding carboxylic acids is 1. The fourth-order valence-electron chi connectivity index (χ4n) is 0.736. The van der Waals surface area contributed by atoms with Gasteiger partial charge in [-0.25, -0.2) is 0 Å². The van der Waals surface area contributed by atoms with Crippen LogP contribution < -0.4 is 5.32 Å². The van der Waals surface area contributed by atoms with Gasteiger partial charge in [0.15, 0.2) is 0 Å². The summed E-state index contributed by atoms with van der Waals surface area (Å²) in [5.41, 5.74) is 0. The van der Waals surface area contributed by atoms with Crippen LogP contribution in [0.4, 0.5) is 0 Å². The zero-order chi connectivity index (χ0) is 9.40. The minimum absolute atomic E-state index is 0.00836. The van der Waals surface area contributed by atoms with E-state index in [0.29, 0.717) is 19.4 Å². The maximum absolute atomic E-state index is 10.9. The van der Waals surface area contributed by atoms with Crippen LogP contribution in [0, 0.1) is 0 Å². The van der Waals surface area contributed by atoms with Crippen molar-refractivity contribution in [3.05, 3.63) is 0 Å². The number of hydrogen-bond donors (Lipinski definition) is 2. The average molecular weight is 175 g/mol. The van der Waals surface area contributed by atoms with Gasteiger partial charge < -0.3 is 15.2 Å². The van der Waals surface area contributed by atoms with Gasteiger partial charge in [0.25, 0.3) is 0 Å². The van der Waals surface area contributed by atoms with Crippen LogP contribution in [-0.4, -0.2) is 37.4 Å². The van der Waals surface area contributed by atoms with Gasteiger partial charge in [0.1, 0.15) is 0 Å². The van der Waals surface area contributed by atoms with Crippen molar-refractivity contribution in [3.63, 3.8) is 0 Å². The Balaban J connectivity index is 3.31. The molecule has 0 saturated carbocycles. The van der Waals surface area contributed by atoms with Gasteiger partial charge in [-0.3, -0.25) is 4.79 Å². The van der Waals surface area contributed by atoms with Crippen molar-refractivity contribution in [2.45, 2.75) is 25.9 Å². The third-order valence-corrected chi connectivity index (χ3v) is 1.61. The minimum Gasteiger partial charge on any atom is -0.395 e. The number of carbonyl (C=O) groups is 1. The Morgan fingerprint density at radius 1 is 1.67 bits per heavy atom. The van der Waals surface area contributed by atoms with Crippen molar-refractivity contribution in [1.82, 2.24) is 5.32 Å². The van der Waals surface area contributed by atoms with Gasteiger partial charge in [-0.05, 0) is 13.3 Å². The summed E-state index contributed by atoms with van der Waals surface area (Å²) in [7, 11) is 1.62. The van der Waals surface area contributed by atoms with Crippen molar-refractivity contribution in [2.75, 3.05) is 20.3 Å². The Hall–Kier alpha value is -0.610. The van der Waals surface area contributed by atoms with Crippen LogP contribution >= 0.6 is 0 Å². The maximum atomic E-state index is 10.9. The molecule has 0 bridgehead atoms. The summed E-state index contributed by atoms with van der Waals surface area (Å²) in [6.07, 6.45) is 1.29. The highest BCUT2D eigenvalue weighted by molar-refractivity contribution is 5.75. The average Bonchev–Trinajstić information content (AvgIpc) is 2.10. The second kappa shape index (κ2) is 7.06. The fourth-order valence-corrected chi connectivity index (χ4v) is 0.736. The van der Waals surface area contributed by atoms with E-state index in [0.717, 1.165) is 0 Å². The molecule has 72 valence electrons.